The largest absolute Gasteiger partial charge is 0.383 e. The minimum absolute atomic E-state index is 0.209. The molecule has 0 saturated carbocycles. The number of hydrogen-bond donors (Lipinski definition) is 3. The Morgan fingerprint density at radius 2 is 2.00 bits per heavy atom. The van der Waals surface area contributed by atoms with Crippen LogP contribution in [0.1, 0.15) is 18.2 Å². The Morgan fingerprint density at radius 1 is 1.18 bits per heavy atom. The van der Waals surface area contributed by atoms with Crippen molar-refractivity contribution in [2.24, 2.45) is 0 Å². The Kier molecular flexibility index (Phi) is 3.50. The van der Waals surface area contributed by atoms with E-state index in [4.69, 9.17) is 11.5 Å². The predicted octanol–water partition coefficient (Wildman–Crippen LogP) is 1.25. The van der Waals surface area contributed by atoms with Gasteiger partial charge in [0.1, 0.15) is 11.6 Å². The van der Waals surface area contributed by atoms with E-state index in [1.807, 2.05) is 26.0 Å². The summed E-state index contributed by atoms with van der Waals surface area (Å²) in [5.74, 6) is 1.47. The molecule has 0 atom stereocenters. The molecule has 8 heteroatoms. The van der Waals surface area contributed by atoms with Crippen molar-refractivity contribution in [3.05, 3.63) is 29.6 Å². The van der Waals surface area contributed by atoms with Gasteiger partial charge in [0.25, 0.3) is 0 Å². The highest BCUT2D eigenvalue weighted by molar-refractivity contribution is 5.87. The van der Waals surface area contributed by atoms with Crippen molar-refractivity contribution in [2.45, 2.75) is 20.4 Å². The number of nitrogen functional groups attached to an aromatic ring is 2. The Labute approximate surface area is 127 Å². The summed E-state index contributed by atoms with van der Waals surface area (Å²) < 4.78 is 0. The molecule has 0 unspecified atom stereocenters. The van der Waals surface area contributed by atoms with Gasteiger partial charge >= 0.3 is 0 Å². The van der Waals surface area contributed by atoms with Gasteiger partial charge in [-0.3, -0.25) is 5.10 Å². The van der Waals surface area contributed by atoms with Gasteiger partial charge in [-0.1, -0.05) is 6.07 Å². The van der Waals surface area contributed by atoms with E-state index in [0.717, 1.165) is 29.0 Å². The van der Waals surface area contributed by atoms with E-state index in [9.17, 15) is 0 Å². The first-order valence-electron chi connectivity index (χ1n) is 7.02. The van der Waals surface area contributed by atoms with Gasteiger partial charge in [0, 0.05) is 24.3 Å². The Bertz CT molecular complexity index is 810. The number of aryl methyl sites for hydroxylation is 1. The molecule has 0 radical (unpaired) electrons. The average molecular weight is 298 g/mol. The molecule has 114 valence electrons. The molecule has 3 aromatic rings. The van der Waals surface area contributed by atoms with Gasteiger partial charge in [-0.2, -0.15) is 15.1 Å². The Morgan fingerprint density at radius 3 is 2.73 bits per heavy atom. The van der Waals surface area contributed by atoms with Gasteiger partial charge in [0.15, 0.2) is 5.65 Å². The van der Waals surface area contributed by atoms with Crippen molar-refractivity contribution >= 4 is 28.6 Å². The number of pyridine rings is 1. The molecule has 0 spiro atoms. The minimum Gasteiger partial charge on any atom is -0.383 e. The van der Waals surface area contributed by atoms with Crippen molar-refractivity contribution in [2.75, 3.05) is 22.9 Å². The average Bonchev–Trinajstić information content (AvgIpc) is 2.94. The van der Waals surface area contributed by atoms with E-state index >= 15 is 0 Å². The summed E-state index contributed by atoms with van der Waals surface area (Å²) in [7, 11) is 0. The van der Waals surface area contributed by atoms with Crippen LogP contribution in [0.4, 0.5) is 17.6 Å². The maximum absolute atomic E-state index is 6.01. The number of aromatic amines is 1. The lowest BCUT2D eigenvalue weighted by molar-refractivity contribution is 0.816. The first-order valence-corrected chi connectivity index (χ1v) is 7.02. The van der Waals surface area contributed by atoms with Crippen LogP contribution < -0.4 is 16.4 Å². The topological polar surface area (TPSA) is 123 Å². The molecular formula is C14H18N8. The third-order valence-electron chi connectivity index (χ3n) is 3.50. The minimum atomic E-state index is 0.209. The van der Waals surface area contributed by atoms with Crippen molar-refractivity contribution in [1.82, 2.24) is 25.1 Å². The van der Waals surface area contributed by atoms with Crippen LogP contribution in [0.3, 0.4) is 0 Å². The number of H-pyrrole nitrogens is 1. The highest BCUT2D eigenvalue weighted by Crippen LogP contribution is 2.25. The number of nitrogens with zero attached hydrogens (tertiary/aromatic N) is 5. The lowest BCUT2D eigenvalue weighted by Gasteiger charge is -2.23. The lowest BCUT2D eigenvalue weighted by Crippen LogP contribution is -2.24. The highest BCUT2D eigenvalue weighted by Gasteiger charge is 2.15. The van der Waals surface area contributed by atoms with E-state index < -0.39 is 0 Å². The summed E-state index contributed by atoms with van der Waals surface area (Å²) in [6, 6.07) is 3.93. The summed E-state index contributed by atoms with van der Waals surface area (Å²) in [5, 5.41) is 7.66. The number of aromatic nitrogens is 5. The molecule has 5 N–H and O–H groups in total. The summed E-state index contributed by atoms with van der Waals surface area (Å²) >= 11 is 0. The zero-order valence-electron chi connectivity index (χ0n) is 12.5. The normalized spacial score (nSPS) is 11.0. The Balaban J connectivity index is 2.01. The van der Waals surface area contributed by atoms with Crippen molar-refractivity contribution < 1.29 is 0 Å². The molecule has 3 heterocycles. The first kappa shape index (κ1) is 14.1. The lowest BCUT2D eigenvalue weighted by atomic mass is 10.2. The fourth-order valence-corrected chi connectivity index (χ4v) is 2.36. The second-order valence-electron chi connectivity index (χ2n) is 5.05. The van der Waals surface area contributed by atoms with Crippen LogP contribution in [-0.4, -0.2) is 31.7 Å². The fraction of sp³-hybridized carbons (Fsp3) is 0.286. The number of rotatable bonds is 4. The van der Waals surface area contributed by atoms with E-state index in [0.29, 0.717) is 18.0 Å². The first-order chi connectivity index (χ1) is 10.6. The van der Waals surface area contributed by atoms with Crippen LogP contribution in [0.25, 0.3) is 11.0 Å². The van der Waals surface area contributed by atoms with Crippen LogP contribution in [0, 0.1) is 6.92 Å². The molecule has 0 aliphatic rings. The number of nitrogens with two attached hydrogens (primary N) is 2. The molecule has 3 aromatic heterocycles. The molecular weight excluding hydrogens is 280 g/mol. The molecule has 0 fully saturated rings. The van der Waals surface area contributed by atoms with Crippen LogP contribution in [0.15, 0.2) is 18.3 Å². The van der Waals surface area contributed by atoms with Crippen molar-refractivity contribution in [3.8, 4) is 0 Å². The monoisotopic (exact) mass is 298 g/mol. The van der Waals surface area contributed by atoms with Gasteiger partial charge in [0.2, 0.25) is 5.95 Å². The summed E-state index contributed by atoms with van der Waals surface area (Å²) in [6.07, 6.45) is 1.70. The van der Waals surface area contributed by atoms with E-state index in [1.54, 1.807) is 6.20 Å². The number of nitrogens with one attached hydrogen (secondary N) is 1. The molecule has 0 aliphatic carbocycles. The summed E-state index contributed by atoms with van der Waals surface area (Å²) in [5.41, 5.74) is 14.3. The standard InChI is InChI=1S/C14H18N8/c1-3-22(7-9-5-4-8(2)18-11(9)15)13-10-6-17-21-12(10)19-14(16)20-13/h4-6H,3,7H2,1-2H3,(H2,15,18)(H3,16,17,19,20,21). The number of anilines is 3. The van der Waals surface area contributed by atoms with Crippen molar-refractivity contribution in [1.29, 1.82) is 0 Å². The molecule has 0 aliphatic heterocycles. The Hall–Kier alpha value is -2.90. The quantitative estimate of drug-likeness (QED) is 0.662. The second kappa shape index (κ2) is 5.47. The zero-order valence-corrected chi connectivity index (χ0v) is 12.5. The number of hydrogen-bond acceptors (Lipinski definition) is 7. The second-order valence-corrected chi connectivity index (χ2v) is 5.05. The van der Waals surface area contributed by atoms with E-state index in [1.165, 1.54) is 0 Å². The van der Waals surface area contributed by atoms with Gasteiger partial charge in [-0.05, 0) is 19.9 Å². The van der Waals surface area contributed by atoms with Crippen molar-refractivity contribution in [3.63, 3.8) is 0 Å². The van der Waals surface area contributed by atoms with E-state index in [-0.39, 0.29) is 5.95 Å². The van der Waals surface area contributed by atoms with Gasteiger partial charge in [-0.25, -0.2) is 4.98 Å². The molecule has 0 bridgehead atoms. The molecule has 3 rings (SSSR count). The van der Waals surface area contributed by atoms with Crippen LogP contribution in [0.5, 0.6) is 0 Å². The molecule has 22 heavy (non-hydrogen) atoms. The molecule has 0 saturated heterocycles. The maximum atomic E-state index is 6.01. The third kappa shape index (κ3) is 2.50. The number of fused-ring (bicyclic) bond motifs is 1. The summed E-state index contributed by atoms with van der Waals surface area (Å²) in [4.78, 5) is 14.9. The van der Waals surface area contributed by atoms with Gasteiger partial charge in [-0.15, -0.1) is 0 Å². The maximum Gasteiger partial charge on any atom is 0.224 e. The van der Waals surface area contributed by atoms with Crippen LogP contribution >= 0.6 is 0 Å². The smallest absolute Gasteiger partial charge is 0.224 e. The van der Waals surface area contributed by atoms with E-state index in [2.05, 4.69) is 30.0 Å². The van der Waals surface area contributed by atoms with Gasteiger partial charge in [0.05, 0.1) is 11.6 Å². The molecule has 0 amide bonds. The fourth-order valence-electron chi connectivity index (χ4n) is 2.36. The van der Waals surface area contributed by atoms with Crippen LogP contribution in [0.2, 0.25) is 0 Å². The molecule has 0 aromatic carbocycles. The van der Waals surface area contributed by atoms with Crippen LogP contribution in [-0.2, 0) is 6.54 Å². The summed E-state index contributed by atoms with van der Waals surface area (Å²) in [6.45, 7) is 5.29. The third-order valence-corrected chi connectivity index (χ3v) is 3.50. The zero-order chi connectivity index (χ0) is 15.7. The molecule has 8 nitrogen and oxygen atoms in total. The SMILES string of the molecule is CCN(Cc1ccc(C)nc1N)c1nc(N)nc2[nH]ncc12. The van der Waals surface area contributed by atoms with Gasteiger partial charge < -0.3 is 16.4 Å². The highest BCUT2D eigenvalue weighted by atomic mass is 15.2. The predicted molar refractivity (Wildman–Crippen MR) is 86.2 cm³/mol.